The molecule has 0 saturated heterocycles. The van der Waals surface area contributed by atoms with Gasteiger partial charge in [0, 0.05) is 81.9 Å². The molecule has 8 rings (SSSR count). The number of nitrogens with one attached hydrogen (secondary N) is 3. The highest BCUT2D eigenvalue weighted by atomic mass is 79.9. The molecule has 2 aliphatic heterocycles. The van der Waals surface area contributed by atoms with Crippen molar-refractivity contribution in [1.29, 1.82) is 0 Å². The maximum absolute atomic E-state index is 14.3. The fraction of sp³-hybridized carbons (Fsp3) is 0.238. The Kier molecular flexibility index (Phi) is 15.6. The van der Waals surface area contributed by atoms with Crippen LogP contribution in [-0.4, -0.2) is 38.5 Å². The van der Waals surface area contributed by atoms with Crippen molar-refractivity contribution in [1.82, 2.24) is 15.3 Å². The first-order valence-corrected chi connectivity index (χ1v) is 18.3. The van der Waals surface area contributed by atoms with Crippen LogP contribution in [-0.2, 0) is 25.9 Å². The number of halogens is 6. The molecule has 2 radical (unpaired) electrons. The van der Waals surface area contributed by atoms with Gasteiger partial charge in [-0.25, -0.2) is 13.2 Å². The standard InChI is InChI=1S/C21H20ClFN2.C13H12F2N2.C7H6BrCl.CH4.B2H3/c1-13-4-3-5-17(23)21(13)19-11-15-12-25(9-8-18(15)24-19)20-7-6-16(22)10-14(20)2;14-9-2-1-3-10(15)13(9)12-6-8-7-16-5-4-11(8)17-12;1-5-4-6(9)2-3-7(5)8;;1-2/h3-7,10-11,24H,8-9,12H2,1-2H3;1-3,6,16-17H,4-5,7H2;2-4H,1H3;1H4;1H3/q;;;;-1. The zero-order chi connectivity index (χ0) is 38.2. The lowest BCUT2D eigenvalue weighted by Gasteiger charge is -2.30. The van der Waals surface area contributed by atoms with Crippen LogP contribution in [0.5, 0.6) is 0 Å². The molecule has 0 unspecified atom stereocenters. The molecule has 12 heteroatoms. The topological polar surface area (TPSA) is 46.9 Å². The van der Waals surface area contributed by atoms with E-state index in [1.807, 2.05) is 56.3 Å². The van der Waals surface area contributed by atoms with Crippen molar-refractivity contribution in [3.8, 4) is 22.5 Å². The van der Waals surface area contributed by atoms with Gasteiger partial charge in [-0.1, -0.05) is 72.5 Å². The van der Waals surface area contributed by atoms with E-state index in [1.54, 1.807) is 6.07 Å². The second kappa shape index (κ2) is 19.7. The quantitative estimate of drug-likeness (QED) is 0.156. The van der Waals surface area contributed by atoms with E-state index in [2.05, 4.69) is 55.2 Å². The van der Waals surface area contributed by atoms with Crippen molar-refractivity contribution in [3.05, 3.63) is 156 Å². The van der Waals surface area contributed by atoms with Crippen molar-refractivity contribution in [2.75, 3.05) is 18.0 Å². The Morgan fingerprint density at radius 2 is 1.24 bits per heavy atom. The molecule has 0 fully saturated rings. The number of hydrogen-bond acceptors (Lipinski definition) is 2. The van der Waals surface area contributed by atoms with E-state index in [1.165, 1.54) is 52.3 Å². The number of benzene rings is 4. The van der Waals surface area contributed by atoms with Gasteiger partial charge in [0.2, 0.25) is 0 Å². The van der Waals surface area contributed by atoms with Crippen molar-refractivity contribution in [2.45, 2.75) is 54.1 Å². The summed E-state index contributed by atoms with van der Waals surface area (Å²) in [6.45, 7) is 9.45. The van der Waals surface area contributed by atoms with Crippen LogP contribution in [0.4, 0.5) is 18.9 Å². The molecule has 2 aliphatic rings. The molecule has 0 atom stereocenters. The van der Waals surface area contributed by atoms with E-state index >= 15 is 0 Å². The molecule has 3 N–H and O–H groups in total. The summed E-state index contributed by atoms with van der Waals surface area (Å²) in [5, 5.41) is 4.78. The molecule has 0 aliphatic carbocycles. The molecule has 282 valence electrons. The van der Waals surface area contributed by atoms with Gasteiger partial charge in [0.25, 0.3) is 0 Å². The maximum atomic E-state index is 14.3. The van der Waals surface area contributed by atoms with Crippen LogP contribution in [0, 0.1) is 38.2 Å². The van der Waals surface area contributed by atoms with Gasteiger partial charge < -0.3 is 20.2 Å². The minimum atomic E-state index is -0.531. The third-order valence-corrected chi connectivity index (χ3v) is 10.5. The lowest BCUT2D eigenvalue weighted by atomic mass is 9.81. The molecule has 4 nitrogen and oxygen atoms in total. The summed E-state index contributed by atoms with van der Waals surface area (Å²) < 4.78 is 42.6. The molecular formula is C42H45B2BrCl2F3N4-. The Morgan fingerprint density at radius 3 is 1.83 bits per heavy atom. The van der Waals surface area contributed by atoms with E-state index in [-0.39, 0.29) is 26.5 Å². The summed E-state index contributed by atoms with van der Waals surface area (Å²) in [5.74, 6) is -1.24. The minimum Gasteiger partial charge on any atom is -0.367 e. The summed E-state index contributed by atoms with van der Waals surface area (Å²) in [6, 6.07) is 24.8. The zero-order valence-electron chi connectivity index (χ0n) is 29.1. The highest BCUT2D eigenvalue weighted by Crippen LogP contribution is 2.33. The second-order valence-electron chi connectivity index (χ2n) is 12.8. The molecule has 6 aromatic rings. The average molecular weight is 835 g/mol. The van der Waals surface area contributed by atoms with E-state index in [0.29, 0.717) is 11.3 Å². The Morgan fingerprint density at radius 1 is 0.685 bits per heavy atom. The fourth-order valence-electron chi connectivity index (χ4n) is 6.58. The number of aromatic nitrogens is 2. The van der Waals surface area contributed by atoms with Crippen molar-refractivity contribution in [2.24, 2.45) is 0 Å². The van der Waals surface area contributed by atoms with Crippen LogP contribution in [0.15, 0.2) is 89.4 Å². The Balaban J connectivity index is 0.000000194. The minimum absolute atomic E-state index is 0. The molecule has 54 heavy (non-hydrogen) atoms. The summed E-state index contributed by atoms with van der Waals surface area (Å²) in [6.07, 6.45) is 1.79. The predicted octanol–water partition coefficient (Wildman–Crippen LogP) is 10.7. The van der Waals surface area contributed by atoms with Crippen LogP contribution in [0.2, 0.25) is 10.0 Å². The lowest BCUT2D eigenvalue weighted by molar-refractivity contribution is 0.588. The van der Waals surface area contributed by atoms with Gasteiger partial charge in [-0.3, -0.25) is 0 Å². The number of nitrogens with zero attached hydrogens (tertiary/aromatic N) is 1. The third-order valence-electron chi connectivity index (χ3n) is 9.19. The Bertz CT molecular complexity index is 2130. The maximum Gasteiger partial charge on any atom is 0.135 e. The van der Waals surface area contributed by atoms with Crippen LogP contribution in [0.1, 0.15) is 46.6 Å². The second-order valence-corrected chi connectivity index (χ2v) is 14.6. The highest BCUT2D eigenvalue weighted by Gasteiger charge is 2.22. The van der Waals surface area contributed by atoms with Crippen LogP contribution < -0.4 is 10.2 Å². The molecule has 4 heterocycles. The van der Waals surface area contributed by atoms with E-state index in [9.17, 15) is 13.2 Å². The molecule has 0 amide bonds. The van der Waals surface area contributed by atoms with Crippen LogP contribution in [0.3, 0.4) is 0 Å². The molecular weight excluding hydrogens is 790 g/mol. The number of fused-ring (bicyclic) bond motifs is 2. The molecule has 4 aromatic carbocycles. The SMILES string of the molecule is C.Cc1cc(Cl)ccc1Br.Cc1cc(Cl)ccc1N1CCc2[nH]c(-c3c(C)cccc3F)cc2C1.Fc1cccc(F)c1-c1cc2c([nH]1)CCNC2.[B][BH3-]. The number of aryl methyl sites for hydroxylation is 3. The van der Waals surface area contributed by atoms with Gasteiger partial charge in [-0.05, 0) is 115 Å². The van der Waals surface area contributed by atoms with Crippen molar-refractivity contribution >= 4 is 60.3 Å². The number of H-pyrrole nitrogens is 2. The fourth-order valence-corrected chi connectivity index (χ4v) is 7.28. The summed E-state index contributed by atoms with van der Waals surface area (Å²) in [7, 11) is 5.00. The van der Waals surface area contributed by atoms with Crippen molar-refractivity contribution in [3.63, 3.8) is 0 Å². The predicted molar refractivity (Wildman–Crippen MR) is 230 cm³/mol. The number of anilines is 1. The van der Waals surface area contributed by atoms with Gasteiger partial charge in [0.15, 0.2) is 0 Å². The normalized spacial score (nSPS) is 12.7. The number of aromatic amines is 2. The molecule has 2 aromatic heterocycles. The summed E-state index contributed by atoms with van der Waals surface area (Å²) in [5.41, 5.74) is 11.2. The summed E-state index contributed by atoms with van der Waals surface area (Å²) >= 11 is 15.1. The largest absolute Gasteiger partial charge is 0.367 e. The van der Waals surface area contributed by atoms with Crippen molar-refractivity contribution < 1.29 is 13.2 Å². The Hall–Kier alpha value is -3.82. The molecule has 0 bridgehead atoms. The first-order chi connectivity index (χ1) is 25.5. The van der Waals surface area contributed by atoms with Gasteiger partial charge >= 0.3 is 0 Å². The Labute approximate surface area is 337 Å². The first-order valence-electron chi connectivity index (χ1n) is 16.7. The van der Waals surface area contributed by atoms with Gasteiger partial charge in [-0.15, -0.1) is 0 Å². The lowest BCUT2D eigenvalue weighted by Crippen LogP contribution is -2.30. The summed E-state index contributed by atoms with van der Waals surface area (Å²) in [4.78, 5) is 8.91. The average Bonchev–Trinajstić information content (AvgIpc) is 3.75. The molecule has 0 spiro atoms. The van der Waals surface area contributed by atoms with Gasteiger partial charge in [-0.2, -0.15) is 7.74 Å². The smallest absolute Gasteiger partial charge is 0.135 e. The van der Waals surface area contributed by atoms with Crippen LogP contribution in [0.25, 0.3) is 22.5 Å². The third kappa shape index (κ3) is 10.3. The number of hydrogen-bond donors (Lipinski definition) is 3. The van der Waals surface area contributed by atoms with Crippen LogP contribution >= 0.6 is 39.1 Å². The van der Waals surface area contributed by atoms with E-state index in [4.69, 9.17) is 30.9 Å². The first kappa shape index (κ1) is 42.9. The molecule has 0 saturated carbocycles. The highest BCUT2D eigenvalue weighted by molar-refractivity contribution is 9.10. The van der Waals surface area contributed by atoms with Gasteiger partial charge in [0.1, 0.15) is 17.5 Å². The van der Waals surface area contributed by atoms with E-state index in [0.717, 1.165) is 76.1 Å². The van der Waals surface area contributed by atoms with E-state index < -0.39 is 11.6 Å². The van der Waals surface area contributed by atoms with Gasteiger partial charge in [0.05, 0.1) is 11.3 Å². The zero-order valence-corrected chi connectivity index (χ0v) is 32.2. The number of rotatable bonds is 3. The monoisotopic (exact) mass is 833 g/mol.